The van der Waals surface area contributed by atoms with Gasteiger partial charge in [-0.3, -0.25) is 29.3 Å². The Morgan fingerprint density at radius 3 is 2.17 bits per heavy atom. The average molecular weight is 860 g/mol. The second-order valence-corrected chi connectivity index (χ2v) is 15.0. The number of rotatable bonds is 19. The van der Waals surface area contributed by atoms with E-state index in [-0.39, 0.29) is 68.0 Å². The van der Waals surface area contributed by atoms with E-state index in [1.807, 2.05) is 48.5 Å². The number of nitrogens with two attached hydrogens (primary N) is 1. The lowest BCUT2D eigenvalue weighted by atomic mass is 10.0. The third kappa shape index (κ3) is 14.2. The quantitative estimate of drug-likeness (QED) is 0.0189. The van der Waals surface area contributed by atoms with Crippen molar-refractivity contribution in [1.29, 1.82) is 0 Å². The molecule has 6 N–H and O–H groups in total. The van der Waals surface area contributed by atoms with Crippen LogP contribution in [0.15, 0.2) is 97.1 Å². The molecule has 2 atom stereocenters. The fourth-order valence-electron chi connectivity index (χ4n) is 6.55. The minimum Gasteiger partial charge on any atom is -0.429 e. The molecular weight excluding hydrogens is 811 g/mol. The molecule has 1 unspecified atom stereocenters. The molecule has 4 aromatic rings. The van der Waals surface area contributed by atoms with Gasteiger partial charge in [0.05, 0.1) is 17.2 Å². The van der Waals surface area contributed by atoms with Gasteiger partial charge in [-0.1, -0.05) is 68.2 Å². The largest absolute Gasteiger partial charge is 0.514 e. The summed E-state index contributed by atoms with van der Waals surface area (Å²) in [4.78, 5) is 89.3. The fourth-order valence-corrected chi connectivity index (χ4v) is 6.55. The van der Waals surface area contributed by atoms with Gasteiger partial charge in [0.15, 0.2) is 0 Å². The predicted molar refractivity (Wildman–Crippen MR) is 233 cm³/mol. The highest BCUT2D eigenvalue weighted by molar-refractivity contribution is 5.98. The van der Waals surface area contributed by atoms with Gasteiger partial charge in [-0.2, -0.15) is 0 Å². The summed E-state index contributed by atoms with van der Waals surface area (Å²) in [6, 6.07) is 23.7. The molecule has 0 aliphatic carbocycles. The van der Waals surface area contributed by atoms with Crippen molar-refractivity contribution in [2.75, 3.05) is 16.8 Å². The normalized spacial score (nSPS) is 12.3. The lowest BCUT2D eigenvalue weighted by molar-refractivity contribution is -0.384. The SMILES string of the molecule is CC(C)C(NC(=O)CCCCC(=O)N1Cc2ccccc2C#Cc2ccccc21)C(=O)N[C@@H](CCCNC(N)=O)C(=O)Nc1ccc(COC(=O)Oc2ccc([N+](=O)[O-])cc2)cc1. The first-order valence-corrected chi connectivity index (χ1v) is 20.4. The van der Waals surface area contributed by atoms with Crippen LogP contribution in [0.2, 0.25) is 0 Å². The summed E-state index contributed by atoms with van der Waals surface area (Å²) in [6.07, 6.45) is 0.473. The van der Waals surface area contributed by atoms with Gasteiger partial charge in [-0.15, -0.1) is 0 Å². The summed E-state index contributed by atoms with van der Waals surface area (Å²) in [5.74, 6) is 4.49. The van der Waals surface area contributed by atoms with Crippen LogP contribution in [0, 0.1) is 27.9 Å². The van der Waals surface area contributed by atoms with Crippen molar-refractivity contribution in [3.05, 3.63) is 129 Å². The summed E-state index contributed by atoms with van der Waals surface area (Å²) in [5.41, 5.74) is 9.23. The molecule has 1 heterocycles. The van der Waals surface area contributed by atoms with Gasteiger partial charge < -0.3 is 41.4 Å². The van der Waals surface area contributed by atoms with Crippen LogP contribution in [0.25, 0.3) is 0 Å². The Morgan fingerprint density at radius 1 is 0.810 bits per heavy atom. The van der Waals surface area contributed by atoms with Crippen molar-refractivity contribution in [2.45, 2.75) is 77.6 Å². The van der Waals surface area contributed by atoms with Crippen LogP contribution in [-0.4, -0.2) is 59.4 Å². The number of hydrogen-bond donors (Lipinski definition) is 5. The van der Waals surface area contributed by atoms with Gasteiger partial charge in [-0.05, 0) is 85.2 Å². The zero-order valence-electron chi connectivity index (χ0n) is 34.9. The molecule has 17 heteroatoms. The van der Waals surface area contributed by atoms with Crippen molar-refractivity contribution in [2.24, 2.45) is 11.7 Å². The summed E-state index contributed by atoms with van der Waals surface area (Å²) in [5, 5.41) is 21.6. The molecule has 4 aromatic carbocycles. The number of amides is 6. The van der Waals surface area contributed by atoms with E-state index < -0.39 is 41.0 Å². The van der Waals surface area contributed by atoms with Gasteiger partial charge in [-0.25, -0.2) is 9.59 Å². The van der Waals surface area contributed by atoms with Crippen LogP contribution in [0.4, 0.5) is 26.7 Å². The lowest BCUT2D eigenvalue weighted by Gasteiger charge is -2.26. The van der Waals surface area contributed by atoms with E-state index in [9.17, 15) is 38.9 Å². The van der Waals surface area contributed by atoms with Crippen molar-refractivity contribution in [3.63, 3.8) is 0 Å². The summed E-state index contributed by atoms with van der Waals surface area (Å²) in [7, 11) is 0. The summed E-state index contributed by atoms with van der Waals surface area (Å²) >= 11 is 0. The topological polar surface area (TPSA) is 241 Å². The monoisotopic (exact) mass is 859 g/mol. The van der Waals surface area contributed by atoms with E-state index in [0.29, 0.717) is 30.6 Å². The fraction of sp³-hybridized carbons (Fsp3) is 0.304. The van der Waals surface area contributed by atoms with Crippen LogP contribution >= 0.6 is 0 Å². The molecule has 0 saturated heterocycles. The Kier molecular flexibility index (Phi) is 16.7. The summed E-state index contributed by atoms with van der Waals surface area (Å²) in [6.45, 7) is 3.86. The number of non-ortho nitro benzene ring substituents is 1. The number of benzene rings is 4. The molecule has 5 rings (SSSR count). The Balaban J connectivity index is 1.12. The number of fused-ring (bicyclic) bond motifs is 2. The first-order valence-electron chi connectivity index (χ1n) is 20.4. The Hall–Kier alpha value is -7.74. The minimum atomic E-state index is -1.07. The number of ether oxygens (including phenoxy) is 2. The molecule has 0 fully saturated rings. The number of hydrogen-bond acceptors (Lipinski definition) is 10. The number of para-hydroxylation sites is 1. The van der Waals surface area contributed by atoms with E-state index in [1.54, 1.807) is 43.0 Å². The van der Waals surface area contributed by atoms with Crippen LogP contribution in [0.3, 0.4) is 0 Å². The third-order valence-corrected chi connectivity index (χ3v) is 9.91. The van der Waals surface area contributed by atoms with Crippen LogP contribution in [0.5, 0.6) is 5.75 Å². The maximum Gasteiger partial charge on any atom is 0.514 e. The first-order chi connectivity index (χ1) is 30.3. The molecular formula is C46H49N7O10. The molecule has 0 radical (unpaired) electrons. The molecule has 17 nitrogen and oxygen atoms in total. The van der Waals surface area contributed by atoms with E-state index >= 15 is 0 Å². The van der Waals surface area contributed by atoms with E-state index in [1.165, 1.54) is 24.3 Å². The predicted octanol–water partition coefficient (Wildman–Crippen LogP) is 5.83. The Labute approximate surface area is 364 Å². The Morgan fingerprint density at radius 2 is 1.48 bits per heavy atom. The molecule has 1 aliphatic rings. The highest BCUT2D eigenvalue weighted by atomic mass is 16.7. The maximum absolute atomic E-state index is 13.7. The number of carbonyl (C=O) groups is 6. The highest BCUT2D eigenvalue weighted by Crippen LogP contribution is 2.26. The van der Waals surface area contributed by atoms with Gasteiger partial charge in [0.1, 0.15) is 24.4 Å². The molecule has 1 aliphatic heterocycles. The number of primary amides is 1. The third-order valence-electron chi connectivity index (χ3n) is 9.91. The zero-order valence-corrected chi connectivity index (χ0v) is 34.9. The van der Waals surface area contributed by atoms with E-state index in [0.717, 1.165) is 22.4 Å². The van der Waals surface area contributed by atoms with E-state index in [2.05, 4.69) is 33.1 Å². The molecule has 0 bridgehead atoms. The number of nitrogens with zero attached hydrogens (tertiary/aromatic N) is 2. The van der Waals surface area contributed by atoms with Gasteiger partial charge in [0.2, 0.25) is 23.6 Å². The number of nitro benzene ring substituents is 1. The number of anilines is 2. The maximum atomic E-state index is 13.7. The van der Waals surface area contributed by atoms with Crippen molar-refractivity contribution in [3.8, 4) is 17.6 Å². The standard InChI is InChI=1S/C46H49N7O10/c1-30(2)42(51-40(54)15-7-8-16-41(55)52-28-34-12-4-3-10-32(34)19-20-33-11-5-6-14-39(33)52)44(57)50-38(13-9-27-48-45(47)58)43(56)49-35-21-17-31(18-22-35)29-62-46(59)63-37-25-23-36(24-26-37)53(60)61/h3-6,10-12,14,17-18,21-26,30,38,42H,7-9,13,15-16,27-29H2,1-2H3,(H,49,56)(H,50,57)(H,51,54)(H3,47,48,58)/t38-,42?/m0/s1. The minimum absolute atomic E-state index is 0.0626. The van der Waals surface area contributed by atoms with Crippen molar-refractivity contribution >= 4 is 52.9 Å². The smallest absolute Gasteiger partial charge is 0.429 e. The van der Waals surface area contributed by atoms with E-state index in [4.69, 9.17) is 15.2 Å². The first kappa shape index (κ1) is 46.3. The van der Waals surface area contributed by atoms with Gasteiger partial charge in [0.25, 0.3) is 5.69 Å². The molecule has 0 aromatic heterocycles. The number of urea groups is 1. The molecule has 0 saturated carbocycles. The zero-order chi connectivity index (χ0) is 45.3. The van der Waals surface area contributed by atoms with Crippen LogP contribution in [0.1, 0.15) is 74.6 Å². The number of nitrogens with one attached hydrogen (secondary N) is 4. The highest BCUT2D eigenvalue weighted by Gasteiger charge is 2.29. The van der Waals surface area contributed by atoms with Crippen LogP contribution < -0.4 is 36.6 Å². The molecule has 0 spiro atoms. The Bertz CT molecular complexity index is 2360. The lowest BCUT2D eigenvalue weighted by Crippen LogP contribution is -2.54. The second-order valence-electron chi connectivity index (χ2n) is 15.0. The van der Waals surface area contributed by atoms with Gasteiger partial charge >= 0.3 is 12.2 Å². The second kappa shape index (κ2) is 22.7. The van der Waals surface area contributed by atoms with Crippen molar-refractivity contribution < 1.29 is 43.2 Å². The number of nitro groups is 1. The number of carbonyl (C=O) groups excluding carboxylic acids is 6. The van der Waals surface area contributed by atoms with Crippen molar-refractivity contribution in [1.82, 2.24) is 16.0 Å². The molecule has 63 heavy (non-hydrogen) atoms. The van der Waals surface area contributed by atoms with Gasteiger partial charge in [0, 0.05) is 48.3 Å². The summed E-state index contributed by atoms with van der Waals surface area (Å²) < 4.78 is 10.2. The molecule has 328 valence electrons. The molecule has 6 amide bonds. The number of unbranched alkanes of at least 4 members (excludes halogenated alkanes) is 1. The average Bonchev–Trinajstić information content (AvgIpc) is 3.25. The van der Waals surface area contributed by atoms with Crippen LogP contribution in [-0.2, 0) is 37.1 Å².